The predicted molar refractivity (Wildman–Crippen MR) is 235 cm³/mol. The summed E-state index contributed by atoms with van der Waals surface area (Å²) in [4.78, 5) is 2.73. The molecule has 2 bridgehead atoms. The molecule has 272 valence electrons. The van der Waals surface area contributed by atoms with Gasteiger partial charge in [0.05, 0.1) is 5.70 Å². The van der Waals surface area contributed by atoms with Gasteiger partial charge in [-0.15, -0.1) is 0 Å². The lowest BCUT2D eigenvalue weighted by Crippen LogP contribution is -2.44. The van der Waals surface area contributed by atoms with E-state index in [1.165, 1.54) is 88.6 Å². The van der Waals surface area contributed by atoms with E-state index in [1.807, 2.05) is 0 Å². The van der Waals surface area contributed by atoms with E-state index in [1.54, 1.807) is 5.57 Å². The van der Waals surface area contributed by atoms with E-state index in [-0.39, 0.29) is 10.8 Å². The number of fused-ring (bicyclic) bond motifs is 8. The van der Waals surface area contributed by atoms with E-state index in [0.29, 0.717) is 0 Å². The first-order valence-electron chi connectivity index (χ1n) is 20.7. The van der Waals surface area contributed by atoms with Gasteiger partial charge in [-0.25, -0.2) is 0 Å². The molecular formula is C55H47N. The number of nitrogens with zero attached hydrogens (tertiary/aromatic N) is 1. The van der Waals surface area contributed by atoms with Gasteiger partial charge in [-0.3, -0.25) is 0 Å². The second-order valence-electron chi connectivity index (χ2n) is 17.2. The molecule has 56 heavy (non-hydrogen) atoms. The fraction of sp³-hybridized carbons (Fsp3) is 0.200. The Kier molecular flexibility index (Phi) is 7.65. The molecule has 0 N–H and O–H groups in total. The molecular weight excluding hydrogens is 675 g/mol. The summed E-state index contributed by atoms with van der Waals surface area (Å²) in [5.41, 5.74) is 21.0. The van der Waals surface area contributed by atoms with Crippen molar-refractivity contribution in [1.82, 2.24) is 0 Å². The molecule has 1 unspecified atom stereocenters. The van der Waals surface area contributed by atoms with Crippen LogP contribution in [0.1, 0.15) is 66.5 Å². The summed E-state index contributed by atoms with van der Waals surface area (Å²) in [6.07, 6.45) is 16.0. The number of rotatable bonds is 6. The maximum Gasteiger partial charge on any atom is 0.0523 e. The van der Waals surface area contributed by atoms with Crippen LogP contribution in [0.15, 0.2) is 169 Å². The Morgan fingerprint density at radius 2 is 1.27 bits per heavy atom. The van der Waals surface area contributed by atoms with Crippen molar-refractivity contribution in [3.05, 3.63) is 213 Å². The molecule has 0 amide bonds. The van der Waals surface area contributed by atoms with Crippen LogP contribution in [0.3, 0.4) is 0 Å². The molecule has 1 nitrogen and oxygen atoms in total. The Morgan fingerprint density at radius 3 is 2.12 bits per heavy atom. The maximum absolute atomic E-state index is 2.73. The van der Waals surface area contributed by atoms with Crippen LogP contribution >= 0.6 is 0 Å². The summed E-state index contributed by atoms with van der Waals surface area (Å²) in [5.74, 6) is 0. The molecule has 6 aromatic rings. The number of benzene rings is 6. The van der Waals surface area contributed by atoms with Gasteiger partial charge < -0.3 is 4.90 Å². The molecule has 0 aromatic heterocycles. The molecule has 1 heteroatoms. The predicted octanol–water partition coefficient (Wildman–Crippen LogP) is 11.5. The van der Waals surface area contributed by atoms with E-state index in [4.69, 9.17) is 0 Å². The van der Waals surface area contributed by atoms with Crippen LogP contribution in [0.25, 0.3) is 39.1 Å². The average Bonchev–Trinajstić information content (AvgIpc) is 3.39. The monoisotopic (exact) mass is 721 g/mol. The maximum atomic E-state index is 2.73. The standard InChI is InChI=1S/C55H47N/c1-54(2)51-33-38(14-12-13-37-22-25-40(26-23-37)39-15-4-3-5-16-39)24-29-46(51)47-31-28-42(34-52(47)54)56-36-55-32-11-10-21-50(55)45-20-9-8-19-44(45)49(35-55)48-30-27-41-17-6-7-18-43(41)53(48)56/h3-11,15-26,28-29,31-34H,12-14,27,30,35-36H2,1-2H3. The third kappa shape index (κ3) is 5.21. The Morgan fingerprint density at radius 1 is 0.571 bits per heavy atom. The van der Waals surface area contributed by atoms with Crippen molar-refractivity contribution in [1.29, 1.82) is 0 Å². The molecule has 6 aromatic carbocycles. The zero-order valence-electron chi connectivity index (χ0n) is 32.5. The largest absolute Gasteiger partial charge is 0.340 e. The van der Waals surface area contributed by atoms with Gasteiger partial charge in [0.1, 0.15) is 0 Å². The van der Waals surface area contributed by atoms with Crippen LogP contribution in [0.4, 0.5) is 5.69 Å². The van der Waals surface area contributed by atoms with Crippen LogP contribution in [-0.2, 0) is 24.7 Å². The van der Waals surface area contributed by atoms with Gasteiger partial charge in [-0.2, -0.15) is 0 Å². The second kappa shape index (κ2) is 12.8. The van der Waals surface area contributed by atoms with Crippen molar-refractivity contribution < 1.29 is 0 Å². The minimum atomic E-state index is -0.0962. The lowest BCUT2D eigenvalue weighted by molar-refractivity contribution is 0.532. The minimum Gasteiger partial charge on any atom is -0.340 e. The first kappa shape index (κ1) is 33.4. The van der Waals surface area contributed by atoms with Crippen LogP contribution in [0, 0.1) is 5.41 Å². The molecule has 11 rings (SSSR count). The number of hydrogen-bond acceptors (Lipinski definition) is 1. The zero-order valence-corrected chi connectivity index (χ0v) is 32.5. The molecule has 1 spiro atoms. The van der Waals surface area contributed by atoms with E-state index in [9.17, 15) is 0 Å². The molecule has 1 aliphatic heterocycles. The third-order valence-electron chi connectivity index (χ3n) is 13.7. The second-order valence-corrected chi connectivity index (χ2v) is 17.2. The van der Waals surface area contributed by atoms with Crippen molar-refractivity contribution in [2.75, 3.05) is 11.4 Å². The minimum absolute atomic E-state index is 0.0958. The van der Waals surface area contributed by atoms with Gasteiger partial charge in [0, 0.05) is 28.6 Å². The van der Waals surface area contributed by atoms with Gasteiger partial charge in [0.15, 0.2) is 0 Å². The quantitative estimate of drug-likeness (QED) is 0.166. The van der Waals surface area contributed by atoms with Gasteiger partial charge in [-0.05, 0) is 128 Å². The Labute approximate surface area is 331 Å². The molecule has 0 saturated heterocycles. The number of hydrogen-bond donors (Lipinski definition) is 0. The van der Waals surface area contributed by atoms with Crippen molar-refractivity contribution >= 4 is 22.5 Å². The van der Waals surface area contributed by atoms with Crippen molar-refractivity contribution in [2.45, 2.75) is 57.8 Å². The summed E-state index contributed by atoms with van der Waals surface area (Å²) in [6.45, 7) is 5.81. The summed E-state index contributed by atoms with van der Waals surface area (Å²) >= 11 is 0. The van der Waals surface area contributed by atoms with Crippen LogP contribution in [-0.4, -0.2) is 6.54 Å². The van der Waals surface area contributed by atoms with Gasteiger partial charge in [-0.1, -0.05) is 166 Å². The van der Waals surface area contributed by atoms with Crippen LogP contribution in [0.2, 0.25) is 0 Å². The Balaban J connectivity index is 0.941. The number of allylic oxidation sites excluding steroid dienone is 4. The van der Waals surface area contributed by atoms with E-state index in [0.717, 1.165) is 45.1 Å². The van der Waals surface area contributed by atoms with Gasteiger partial charge >= 0.3 is 0 Å². The summed E-state index contributed by atoms with van der Waals surface area (Å²) in [6, 6.07) is 53.0. The van der Waals surface area contributed by atoms with Crippen molar-refractivity contribution in [2.24, 2.45) is 5.41 Å². The highest BCUT2D eigenvalue weighted by Gasteiger charge is 2.44. The van der Waals surface area contributed by atoms with Crippen LogP contribution in [0.5, 0.6) is 0 Å². The lowest BCUT2D eigenvalue weighted by Gasteiger charge is -2.40. The fourth-order valence-electron chi connectivity index (χ4n) is 10.8. The molecule has 0 fully saturated rings. The highest BCUT2D eigenvalue weighted by molar-refractivity contribution is 5.96. The lowest BCUT2D eigenvalue weighted by atomic mass is 9.68. The molecule has 1 heterocycles. The summed E-state index contributed by atoms with van der Waals surface area (Å²) < 4.78 is 0. The smallest absolute Gasteiger partial charge is 0.0523 e. The first-order chi connectivity index (χ1) is 27.5. The van der Waals surface area contributed by atoms with Crippen molar-refractivity contribution in [3.8, 4) is 22.3 Å². The first-order valence-corrected chi connectivity index (χ1v) is 20.7. The Hall–Kier alpha value is -5.92. The van der Waals surface area contributed by atoms with Crippen LogP contribution < -0.4 is 15.3 Å². The fourth-order valence-corrected chi connectivity index (χ4v) is 10.8. The number of anilines is 1. The van der Waals surface area contributed by atoms with Crippen molar-refractivity contribution in [3.63, 3.8) is 0 Å². The summed E-state index contributed by atoms with van der Waals surface area (Å²) in [7, 11) is 0. The SMILES string of the molecule is CC1(C)c2cc(CCCc3ccc(-c4ccccc4)cc3)ccc2-c2ccc(N3CC45C=CC=CC4=c4ccccc4=C(C5)C4=C3c3ccccc3CC4)cc21. The van der Waals surface area contributed by atoms with Gasteiger partial charge in [0.25, 0.3) is 0 Å². The van der Waals surface area contributed by atoms with E-state index in [2.05, 4.69) is 183 Å². The Bertz CT molecular complexity index is 2790. The third-order valence-corrected chi connectivity index (χ3v) is 13.7. The highest BCUT2D eigenvalue weighted by atomic mass is 15.2. The molecule has 5 aliphatic rings. The van der Waals surface area contributed by atoms with Gasteiger partial charge in [0.2, 0.25) is 0 Å². The normalized spacial score (nSPS) is 19.4. The zero-order chi connectivity index (χ0) is 37.4. The molecule has 0 saturated carbocycles. The van der Waals surface area contributed by atoms with E-state index < -0.39 is 0 Å². The molecule has 1 atom stereocenters. The summed E-state index contributed by atoms with van der Waals surface area (Å²) in [5, 5.41) is 2.83. The molecule has 0 radical (unpaired) electrons. The topological polar surface area (TPSA) is 3.24 Å². The average molecular weight is 722 g/mol. The van der Waals surface area contributed by atoms with E-state index >= 15 is 0 Å². The number of aryl methyl sites for hydroxylation is 3. The molecule has 4 aliphatic carbocycles. The highest BCUT2D eigenvalue weighted by Crippen LogP contribution is 2.54.